The molecular formula is C28H24N2O4. The highest BCUT2D eigenvalue weighted by Crippen LogP contribution is 2.33. The minimum Gasteiger partial charge on any atom is -0.489 e. The number of ether oxygens (including phenoxy) is 3. The maximum Gasteiger partial charge on any atom is 0.266 e. The fourth-order valence-corrected chi connectivity index (χ4v) is 3.49. The number of nitriles is 1. The van der Waals surface area contributed by atoms with Crippen molar-refractivity contribution in [3.05, 3.63) is 101 Å². The third-order valence-electron chi connectivity index (χ3n) is 5.27. The fraction of sp³-hybridized carbons (Fsp3) is 0.143. The van der Waals surface area contributed by atoms with Gasteiger partial charge in [-0.25, -0.2) is 0 Å². The molecule has 0 saturated carbocycles. The average Bonchev–Trinajstić information content (AvgIpc) is 3.31. The molecule has 1 aliphatic heterocycles. The summed E-state index contributed by atoms with van der Waals surface area (Å²) in [5, 5.41) is 12.3. The molecule has 0 unspecified atom stereocenters. The summed E-state index contributed by atoms with van der Waals surface area (Å²) in [5.74, 6) is 1.69. The van der Waals surface area contributed by atoms with Crippen LogP contribution in [0, 0.1) is 18.3 Å². The predicted octanol–water partition coefficient (Wildman–Crippen LogP) is 5.58. The lowest BCUT2D eigenvalue weighted by Crippen LogP contribution is -2.13. The molecule has 3 aromatic rings. The van der Waals surface area contributed by atoms with Crippen molar-refractivity contribution in [2.24, 2.45) is 0 Å². The number of carbonyl (C=O) groups excluding carboxylic acids is 1. The van der Waals surface area contributed by atoms with Crippen molar-refractivity contribution < 1.29 is 19.0 Å². The Morgan fingerprint density at radius 2 is 1.91 bits per heavy atom. The summed E-state index contributed by atoms with van der Waals surface area (Å²) in [4.78, 5) is 12.6. The molecule has 0 spiro atoms. The fourth-order valence-electron chi connectivity index (χ4n) is 3.49. The summed E-state index contributed by atoms with van der Waals surface area (Å²) in [6.45, 7) is 6.38. The van der Waals surface area contributed by atoms with Gasteiger partial charge in [0, 0.05) is 5.69 Å². The molecule has 0 fully saturated rings. The van der Waals surface area contributed by atoms with Gasteiger partial charge in [0.15, 0.2) is 11.5 Å². The van der Waals surface area contributed by atoms with Gasteiger partial charge < -0.3 is 19.5 Å². The summed E-state index contributed by atoms with van der Waals surface area (Å²) < 4.78 is 16.8. The molecule has 1 amide bonds. The molecule has 0 aromatic heterocycles. The zero-order valence-corrected chi connectivity index (χ0v) is 18.8. The van der Waals surface area contributed by atoms with Gasteiger partial charge in [0.2, 0.25) is 6.79 Å². The summed E-state index contributed by atoms with van der Waals surface area (Å²) in [7, 11) is 0. The van der Waals surface area contributed by atoms with Gasteiger partial charge in [-0.05, 0) is 72.5 Å². The largest absolute Gasteiger partial charge is 0.489 e. The summed E-state index contributed by atoms with van der Waals surface area (Å²) in [6.07, 6.45) is 3.93. The zero-order chi connectivity index (χ0) is 23.9. The van der Waals surface area contributed by atoms with Gasteiger partial charge in [0.05, 0.1) is 0 Å². The highest BCUT2D eigenvalue weighted by atomic mass is 16.7. The first-order valence-electron chi connectivity index (χ1n) is 10.8. The van der Waals surface area contributed by atoms with Gasteiger partial charge in [-0.15, -0.1) is 6.58 Å². The Balaban J connectivity index is 1.49. The topological polar surface area (TPSA) is 80.6 Å². The lowest BCUT2D eigenvalue weighted by Gasteiger charge is -2.12. The number of fused-ring (bicyclic) bond motifs is 1. The number of aryl methyl sites for hydroxylation is 1. The number of hydrogen-bond acceptors (Lipinski definition) is 5. The van der Waals surface area contributed by atoms with Crippen LogP contribution < -0.4 is 19.5 Å². The Labute approximate surface area is 198 Å². The van der Waals surface area contributed by atoms with Crippen molar-refractivity contribution in [3.63, 3.8) is 0 Å². The number of rotatable bonds is 8. The Hall–Kier alpha value is -4.50. The normalized spacial score (nSPS) is 12.1. The predicted molar refractivity (Wildman–Crippen MR) is 131 cm³/mol. The first-order valence-corrected chi connectivity index (χ1v) is 10.8. The van der Waals surface area contributed by atoms with Gasteiger partial charge in [-0.3, -0.25) is 4.79 Å². The van der Waals surface area contributed by atoms with Crippen LogP contribution in [0.4, 0.5) is 5.69 Å². The van der Waals surface area contributed by atoms with Crippen LogP contribution in [-0.2, 0) is 17.8 Å². The third-order valence-corrected chi connectivity index (χ3v) is 5.27. The van der Waals surface area contributed by atoms with Gasteiger partial charge >= 0.3 is 0 Å². The number of carbonyl (C=O) groups is 1. The van der Waals surface area contributed by atoms with Crippen molar-refractivity contribution in [1.29, 1.82) is 5.26 Å². The Bertz CT molecular complexity index is 1290. The molecular weight excluding hydrogens is 428 g/mol. The Kier molecular flexibility index (Phi) is 6.95. The van der Waals surface area contributed by atoms with Gasteiger partial charge in [-0.1, -0.05) is 35.9 Å². The molecule has 0 radical (unpaired) electrons. The second-order valence-electron chi connectivity index (χ2n) is 7.83. The van der Waals surface area contributed by atoms with Crippen LogP contribution in [0.1, 0.15) is 22.3 Å². The standard InChI is InChI=1S/C28H24N2O4/c1-3-4-22-13-20(14-23(16-29)28(31)30-24-9-5-19(2)6-10-24)7-11-25(22)32-17-21-8-12-26-27(15-21)34-18-33-26/h3,5-15H,1,4,17-18H2,2H3,(H,30,31)/b23-14-. The van der Waals surface area contributed by atoms with Crippen LogP contribution in [0.15, 0.2) is 78.9 Å². The van der Waals surface area contributed by atoms with Crippen LogP contribution in [0.3, 0.4) is 0 Å². The molecule has 6 nitrogen and oxygen atoms in total. The maximum absolute atomic E-state index is 12.6. The number of hydrogen-bond donors (Lipinski definition) is 1. The SMILES string of the molecule is C=CCc1cc(/C=C(/C#N)C(=O)Nc2ccc(C)cc2)ccc1OCc1ccc2c(c1)OCO2. The first kappa shape index (κ1) is 22.7. The van der Waals surface area contributed by atoms with Gasteiger partial charge in [-0.2, -0.15) is 5.26 Å². The monoisotopic (exact) mass is 452 g/mol. The van der Waals surface area contributed by atoms with Crippen LogP contribution in [0.25, 0.3) is 6.08 Å². The average molecular weight is 453 g/mol. The van der Waals surface area contributed by atoms with Crippen LogP contribution in [0.2, 0.25) is 0 Å². The van der Waals surface area contributed by atoms with E-state index >= 15 is 0 Å². The molecule has 170 valence electrons. The molecule has 3 aromatic carbocycles. The number of nitrogens with zero attached hydrogens (tertiary/aromatic N) is 1. The lowest BCUT2D eigenvalue weighted by molar-refractivity contribution is -0.112. The van der Waals surface area contributed by atoms with Crippen molar-refractivity contribution >= 4 is 17.7 Å². The number of nitrogens with one attached hydrogen (secondary N) is 1. The molecule has 0 bridgehead atoms. The third kappa shape index (κ3) is 5.45. The molecule has 0 aliphatic carbocycles. The number of amides is 1. The molecule has 6 heteroatoms. The van der Waals surface area contributed by atoms with E-state index in [1.165, 1.54) is 0 Å². The first-order chi connectivity index (χ1) is 16.6. The Morgan fingerprint density at radius 1 is 1.12 bits per heavy atom. The number of allylic oxidation sites excluding steroid dienone is 1. The highest BCUT2D eigenvalue weighted by molar-refractivity contribution is 6.09. The van der Waals surface area contributed by atoms with E-state index in [1.54, 1.807) is 24.3 Å². The van der Waals surface area contributed by atoms with Crippen molar-refractivity contribution in [1.82, 2.24) is 0 Å². The van der Waals surface area contributed by atoms with Crippen LogP contribution in [-0.4, -0.2) is 12.7 Å². The minimum absolute atomic E-state index is 0.0131. The quantitative estimate of drug-likeness (QED) is 0.274. The molecule has 0 atom stereocenters. The van der Waals surface area contributed by atoms with Crippen molar-refractivity contribution in [2.45, 2.75) is 20.0 Å². The molecule has 4 rings (SSSR count). The van der Waals surface area contributed by atoms with Crippen molar-refractivity contribution in [2.75, 3.05) is 12.1 Å². The van der Waals surface area contributed by atoms with E-state index in [0.717, 1.165) is 28.0 Å². The van der Waals surface area contributed by atoms with E-state index in [-0.39, 0.29) is 12.4 Å². The summed E-state index contributed by atoms with van der Waals surface area (Å²) in [5.41, 5.74) is 4.32. The van der Waals surface area contributed by atoms with E-state index in [1.807, 2.05) is 61.5 Å². The van der Waals surface area contributed by atoms with E-state index in [4.69, 9.17) is 14.2 Å². The van der Waals surface area contributed by atoms with E-state index in [2.05, 4.69) is 11.9 Å². The van der Waals surface area contributed by atoms with E-state index < -0.39 is 5.91 Å². The van der Waals surface area contributed by atoms with Crippen molar-refractivity contribution in [3.8, 4) is 23.3 Å². The Morgan fingerprint density at radius 3 is 2.68 bits per heavy atom. The number of benzene rings is 3. The molecule has 0 saturated heterocycles. The van der Waals surface area contributed by atoms with Gasteiger partial charge in [0.25, 0.3) is 5.91 Å². The summed E-state index contributed by atoms with van der Waals surface area (Å²) in [6, 6.07) is 20.6. The maximum atomic E-state index is 12.6. The zero-order valence-electron chi connectivity index (χ0n) is 18.8. The van der Waals surface area contributed by atoms with Crippen LogP contribution in [0.5, 0.6) is 17.2 Å². The summed E-state index contributed by atoms with van der Waals surface area (Å²) >= 11 is 0. The van der Waals surface area contributed by atoms with Gasteiger partial charge in [0.1, 0.15) is 24.0 Å². The van der Waals surface area contributed by atoms with E-state index in [9.17, 15) is 10.1 Å². The molecule has 34 heavy (non-hydrogen) atoms. The molecule has 1 aliphatic rings. The highest BCUT2D eigenvalue weighted by Gasteiger charge is 2.14. The van der Waals surface area contributed by atoms with E-state index in [0.29, 0.717) is 30.2 Å². The second kappa shape index (κ2) is 10.4. The molecule has 1 N–H and O–H groups in total. The number of anilines is 1. The molecule has 1 heterocycles. The lowest BCUT2D eigenvalue weighted by atomic mass is 10.0. The van der Waals surface area contributed by atoms with Crippen LogP contribution >= 0.6 is 0 Å². The second-order valence-corrected chi connectivity index (χ2v) is 7.83. The minimum atomic E-state index is -0.459. The smallest absolute Gasteiger partial charge is 0.266 e.